The van der Waals surface area contributed by atoms with E-state index in [0.29, 0.717) is 5.52 Å². The molecular formula is C20H15Cl2N3O5S3. The zero-order valence-electron chi connectivity index (χ0n) is 16.7. The van der Waals surface area contributed by atoms with Crippen LogP contribution >= 0.6 is 34.7 Å². The van der Waals surface area contributed by atoms with Crippen LogP contribution in [0.5, 0.6) is 0 Å². The SMILES string of the molecule is Cn1sc(=O)c2cc(S(=O)(=O)Nc3cc(Cl)ccc3NS(=O)(=O)c3cccc(Cl)c3)ccc21. The summed E-state index contributed by atoms with van der Waals surface area (Å²) in [5.41, 5.74) is 0.462. The van der Waals surface area contributed by atoms with Crippen molar-refractivity contribution in [3.8, 4) is 0 Å². The Bertz CT molecular complexity index is 1660. The van der Waals surface area contributed by atoms with Crippen LogP contribution < -0.4 is 14.2 Å². The summed E-state index contributed by atoms with van der Waals surface area (Å²) in [7, 11) is -6.57. The van der Waals surface area contributed by atoms with Crippen LogP contribution in [0.1, 0.15) is 0 Å². The average molecular weight is 544 g/mol. The summed E-state index contributed by atoms with van der Waals surface area (Å²) >= 11 is 12.9. The molecule has 0 aliphatic rings. The van der Waals surface area contributed by atoms with Gasteiger partial charge in [-0.1, -0.05) is 29.3 Å². The largest absolute Gasteiger partial charge is 0.297 e. The van der Waals surface area contributed by atoms with Crippen molar-refractivity contribution in [1.82, 2.24) is 3.96 Å². The van der Waals surface area contributed by atoms with E-state index in [9.17, 15) is 21.6 Å². The third-order valence-electron chi connectivity index (χ3n) is 4.63. The molecule has 0 saturated heterocycles. The molecule has 1 aromatic heterocycles. The van der Waals surface area contributed by atoms with Crippen molar-refractivity contribution in [2.24, 2.45) is 7.05 Å². The number of aryl methyl sites for hydroxylation is 1. The van der Waals surface area contributed by atoms with Crippen molar-refractivity contribution < 1.29 is 16.8 Å². The molecule has 0 aliphatic carbocycles. The first-order valence-electron chi connectivity index (χ1n) is 9.17. The minimum absolute atomic E-state index is 0.0459. The first-order chi connectivity index (χ1) is 15.5. The first kappa shape index (κ1) is 23.6. The number of anilines is 2. The lowest BCUT2D eigenvalue weighted by molar-refractivity contribution is 0.599. The summed E-state index contributed by atoms with van der Waals surface area (Å²) in [6, 6.07) is 13.8. The van der Waals surface area contributed by atoms with Crippen molar-refractivity contribution in [3.63, 3.8) is 0 Å². The maximum absolute atomic E-state index is 13.1. The van der Waals surface area contributed by atoms with Crippen LogP contribution in [0.3, 0.4) is 0 Å². The van der Waals surface area contributed by atoms with Crippen molar-refractivity contribution in [2.45, 2.75) is 9.79 Å². The van der Waals surface area contributed by atoms with E-state index in [1.54, 1.807) is 11.0 Å². The Morgan fingerprint density at radius 2 is 1.42 bits per heavy atom. The van der Waals surface area contributed by atoms with Crippen molar-refractivity contribution in [3.05, 3.63) is 80.2 Å². The molecule has 0 saturated carbocycles. The van der Waals surface area contributed by atoms with Crippen molar-refractivity contribution >= 4 is 77.1 Å². The van der Waals surface area contributed by atoms with Gasteiger partial charge in [-0.2, -0.15) is 0 Å². The normalized spacial score (nSPS) is 12.1. The lowest BCUT2D eigenvalue weighted by Crippen LogP contribution is -2.17. The predicted molar refractivity (Wildman–Crippen MR) is 132 cm³/mol. The molecule has 3 aromatic carbocycles. The smallest absolute Gasteiger partial charge is 0.262 e. The molecule has 33 heavy (non-hydrogen) atoms. The second-order valence-electron chi connectivity index (χ2n) is 6.91. The van der Waals surface area contributed by atoms with Gasteiger partial charge in [0.15, 0.2) is 0 Å². The van der Waals surface area contributed by atoms with Crippen LogP contribution in [0.2, 0.25) is 10.0 Å². The summed E-state index contributed by atoms with van der Waals surface area (Å²) < 4.78 is 57.8. The minimum atomic E-state index is -4.19. The highest BCUT2D eigenvalue weighted by Crippen LogP contribution is 2.31. The second kappa shape index (κ2) is 8.65. The van der Waals surface area contributed by atoms with Gasteiger partial charge in [0.25, 0.3) is 24.8 Å². The molecule has 0 amide bonds. The zero-order chi connectivity index (χ0) is 24.0. The highest BCUT2D eigenvalue weighted by atomic mass is 35.5. The number of fused-ring (bicyclic) bond motifs is 1. The van der Waals surface area contributed by atoms with Gasteiger partial charge in [0.05, 0.1) is 32.1 Å². The number of hydrogen-bond donors (Lipinski definition) is 2. The van der Waals surface area contributed by atoms with Crippen LogP contribution in [0.15, 0.2) is 75.2 Å². The summed E-state index contributed by atoms with van der Waals surface area (Å²) in [6.07, 6.45) is 0. The van der Waals surface area contributed by atoms with Gasteiger partial charge < -0.3 is 0 Å². The van der Waals surface area contributed by atoms with Gasteiger partial charge in [-0.05, 0) is 66.1 Å². The van der Waals surface area contributed by atoms with E-state index in [0.717, 1.165) is 11.5 Å². The Morgan fingerprint density at radius 3 is 2.12 bits per heavy atom. The number of nitrogens with zero attached hydrogens (tertiary/aromatic N) is 1. The van der Waals surface area contributed by atoms with E-state index in [-0.39, 0.29) is 41.3 Å². The Morgan fingerprint density at radius 1 is 0.788 bits per heavy atom. The Kier molecular flexibility index (Phi) is 6.18. The van der Waals surface area contributed by atoms with Crippen LogP contribution in [0, 0.1) is 0 Å². The van der Waals surface area contributed by atoms with Crippen molar-refractivity contribution in [2.75, 3.05) is 9.44 Å². The van der Waals surface area contributed by atoms with Gasteiger partial charge in [-0.15, -0.1) is 0 Å². The Labute approximate surface area is 203 Å². The molecule has 172 valence electrons. The number of rotatable bonds is 6. The monoisotopic (exact) mass is 543 g/mol. The Hall–Kier alpha value is -2.57. The van der Waals surface area contributed by atoms with E-state index >= 15 is 0 Å². The van der Waals surface area contributed by atoms with E-state index in [1.807, 2.05) is 0 Å². The van der Waals surface area contributed by atoms with Crippen LogP contribution in [-0.4, -0.2) is 20.8 Å². The number of nitrogens with one attached hydrogen (secondary N) is 2. The van der Waals surface area contributed by atoms with Gasteiger partial charge in [0, 0.05) is 17.1 Å². The lowest BCUT2D eigenvalue weighted by Gasteiger charge is -2.15. The Balaban J connectivity index is 1.72. The minimum Gasteiger partial charge on any atom is -0.297 e. The second-order valence-corrected chi connectivity index (χ2v) is 12.3. The van der Waals surface area contributed by atoms with Crippen LogP contribution in [-0.2, 0) is 27.1 Å². The standard InChI is InChI=1S/C20H15Cl2N3O5S3/c1-25-19-8-6-15(11-16(19)20(26)31-25)33(29,30)24-18-10-13(22)5-7-17(18)23-32(27,28)14-4-2-3-12(21)9-14/h2-11,23-24H,1H3. The van der Waals surface area contributed by atoms with Gasteiger partial charge in [-0.25, -0.2) is 16.8 Å². The molecule has 13 heteroatoms. The third-order valence-corrected chi connectivity index (χ3v) is 8.69. The molecule has 0 fully saturated rings. The average Bonchev–Trinajstić information content (AvgIpc) is 3.03. The highest BCUT2D eigenvalue weighted by Gasteiger charge is 2.21. The summed E-state index contributed by atoms with van der Waals surface area (Å²) in [5, 5.41) is 0.670. The zero-order valence-corrected chi connectivity index (χ0v) is 20.7. The molecule has 1 heterocycles. The summed E-state index contributed by atoms with van der Waals surface area (Å²) in [5.74, 6) is 0. The van der Waals surface area contributed by atoms with E-state index in [1.165, 1.54) is 60.7 Å². The van der Waals surface area contributed by atoms with Crippen molar-refractivity contribution in [1.29, 1.82) is 0 Å². The van der Waals surface area contributed by atoms with Gasteiger partial charge >= 0.3 is 0 Å². The lowest BCUT2D eigenvalue weighted by atomic mass is 10.2. The molecule has 4 aromatic rings. The molecule has 0 unspecified atom stereocenters. The van der Waals surface area contributed by atoms with Gasteiger partial charge in [0.2, 0.25) is 0 Å². The summed E-state index contributed by atoms with van der Waals surface area (Å²) in [4.78, 5) is 11.9. The molecular weight excluding hydrogens is 529 g/mol. The third kappa shape index (κ3) is 4.87. The van der Waals surface area contributed by atoms with Crippen LogP contribution in [0.4, 0.5) is 11.4 Å². The number of halogens is 2. The topological polar surface area (TPSA) is 114 Å². The van der Waals surface area contributed by atoms with Crippen LogP contribution in [0.25, 0.3) is 10.9 Å². The fourth-order valence-electron chi connectivity index (χ4n) is 3.07. The number of sulfonamides is 2. The maximum Gasteiger partial charge on any atom is 0.262 e. The molecule has 0 radical (unpaired) electrons. The maximum atomic E-state index is 13.1. The molecule has 0 aliphatic heterocycles. The fourth-order valence-corrected chi connectivity index (χ4v) is 6.49. The quantitative estimate of drug-likeness (QED) is 0.371. The van der Waals surface area contributed by atoms with Gasteiger partial charge in [0.1, 0.15) is 0 Å². The fraction of sp³-hybridized carbons (Fsp3) is 0.0500. The molecule has 0 atom stereocenters. The number of hydrogen-bond acceptors (Lipinski definition) is 6. The summed E-state index contributed by atoms with van der Waals surface area (Å²) in [6.45, 7) is 0. The molecule has 8 nitrogen and oxygen atoms in total. The molecule has 4 rings (SSSR count). The van der Waals surface area contributed by atoms with E-state index < -0.39 is 20.0 Å². The number of aromatic nitrogens is 1. The highest BCUT2D eigenvalue weighted by molar-refractivity contribution is 7.93. The first-order valence-corrected chi connectivity index (χ1v) is 13.7. The predicted octanol–water partition coefficient (Wildman–Crippen LogP) is 4.51. The van der Waals surface area contributed by atoms with E-state index in [2.05, 4.69) is 9.44 Å². The van der Waals surface area contributed by atoms with E-state index in [4.69, 9.17) is 23.2 Å². The number of benzene rings is 3. The molecule has 0 spiro atoms. The molecule has 0 bridgehead atoms. The molecule has 2 N–H and O–H groups in total. The van der Waals surface area contributed by atoms with Gasteiger partial charge in [-0.3, -0.25) is 18.2 Å².